The van der Waals surface area contributed by atoms with Gasteiger partial charge in [-0.3, -0.25) is 4.79 Å². The van der Waals surface area contributed by atoms with Crippen LogP contribution in [0.2, 0.25) is 0 Å². The van der Waals surface area contributed by atoms with Crippen LogP contribution < -0.4 is 15.8 Å². The molecule has 3 N–H and O–H groups in total. The van der Waals surface area contributed by atoms with Gasteiger partial charge in [0.2, 0.25) is 5.91 Å². The molecule has 1 heterocycles. The number of nitrogens with two attached hydrogens (primary N) is 1. The van der Waals surface area contributed by atoms with Gasteiger partial charge in [0, 0.05) is 25.7 Å². The molecule has 1 unspecified atom stereocenters. The van der Waals surface area contributed by atoms with Gasteiger partial charge < -0.3 is 20.7 Å². The van der Waals surface area contributed by atoms with E-state index in [4.69, 9.17) is 10.5 Å². The first-order valence-corrected chi connectivity index (χ1v) is 5.67. The molecule has 6 heteroatoms. The molecule has 98 valence electrons. The number of rotatable bonds is 3. The topological polar surface area (TPSA) is 67.6 Å². The first-order valence-electron chi connectivity index (χ1n) is 5.67. The molecule has 0 aliphatic carbocycles. The molecular weight excluding hydrogens is 237 g/mol. The number of hydrogen-bond acceptors (Lipinski definition) is 4. The first-order chi connectivity index (χ1) is 8.52. The number of amides is 1. The smallest absolute Gasteiger partial charge is 0.244 e. The van der Waals surface area contributed by atoms with Gasteiger partial charge in [-0.1, -0.05) is 0 Å². The Hall–Kier alpha value is -1.98. The summed E-state index contributed by atoms with van der Waals surface area (Å²) in [6.07, 6.45) is 0.703. The van der Waals surface area contributed by atoms with Crippen molar-refractivity contribution >= 4 is 17.3 Å². The van der Waals surface area contributed by atoms with Crippen molar-refractivity contribution in [2.75, 3.05) is 31.8 Å². The van der Waals surface area contributed by atoms with Crippen molar-refractivity contribution in [1.82, 2.24) is 4.90 Å². The number of hydrogen-bond donors (Lipinski definition) is 2. The standard InChI is InChI=1S/C12H16FN3O2/c1-16-4-3-9(12(16)17)15-10-6-11(18-2)7(13)5-8(10)14/h5-6,9,15H,3-4,14H2,1-2H3. The maximum atomic E-state index is 13.4. The molecule has 0 radical (unpaired) electrons. The van der Waals surface area contributed by atoms with Gasteiger partial charge in [-0.05, 0) is 6.42 Å². The van der Waals surface area contributed by atoms with E-state index in [0.29, 0.717) is 18.7 Å². The molecule has 0 bridgehead atoms. The first kappa shape index (κ1) is 12.5. The second kappa shape index (κ2) is 4.72. The highest BCUT2D eigenvalue weighted by molar-refractivity contribution is 5.87. The summed E-state index contributed by atoms with van der Waals surface area (Å²) >= 11 is 0. The lowest BCUT2D eigenvalue weighted by atomic mass is 10.2. The van der Waals surface area contributed by atoms with Crippen LogP contribution in [0.15, 0.2) is 12.1 Å². The summed E-state index contributed by atoms with van der Waals surface area (Å²) in [5, 5.41) is 3.03. The predicted molar refractivity (Wildman–Crippen MR) is 67.0 cm³/mol. The Morgan fingerprint density at radius 2 is 2.28 bits per heavy atom. The number of nitrogen functional groups attached to an aromatic ring is 1. The van der Waals surface area contributed by atoms with Gasteiger partial charge in [-0.25, -0.2) is 4.39 Å². The average Bonchev–Trinajstić information content (AvgIpc) is 2.64. The van der Waals surface area contributed by atoms with E-state index < -0.39 is 5.82 Å². The number of carbonyl (C=O) groups excluding carboxylic acids is 1. The molecule has 1 saturated heterocycles. The molecule has 1 aliphatic rings. The molecule has 1 amide bonds. The SMILES string of the molecule is COc1cc(NC2CCN(C)C2=O)c(N)cc1F. The Kier molecular flexibility index (Phi) is 3.27. The Balaban J connectivity index is 2.21. The van der Waals surface area contributed by atoms with E-state index in [0.717, 1.165) is 0 Å². The average molecular weight is 253 g/mol. The van der Waals surface area contributed by atoms with E-state index in [1.54, 1.807) is 11.9 Å². The highest BCUT2D eigenvalue weighted by Gasteiger charge is 2.29. The molecule has 1 fully saturated rings. The van der Waals surface area contributed by atoms with Crippen LogP contribution in [0.3, 0.4) is 0 Å². The fourth-order valence-electron chi connectivity index (χ4n) is 1.99. The lowest BCUT2D eigenvalue weighted by molar-refractivity contribution is -0.127. The Bertz CT molecular complexity index is 479. The zero-order valence-corrected chi connectivity index (χ0v) is 10.4. The second-order valence-corrected chi connectivity index (χ2v) is 4.32. The number of anilines is 2. The van der Waals surface area contributed by atoms with E-state index in [2.05, 4.69) is 5.32 Å². The van der Waals surface area contributed by atoms with Crippen molar-refractivity contribution in [3.05, 3.63) is 17.9 Å². The van der Waals surface area contributed by atoms with Crippen molar-refractivity contribution < 1.29 is 13.9 Å². The number of ether oxygens (including phenoxy) is 1. The second-order valence-electron chi connectivity index (χ2n) is 4.32. The molecule has 0 aromatic heterocycles. The van der Waals surface area contributed by atoms with Crippen molar-refractivity contribution in [3.8, 4) is 5.75 Å². The van der Waals surface area contributed by atoms with Crippen LogP contribution >= 0.6 is 0 Å². The number of likely N-dealkylation sites (tertiary alicyclic amines) is 1. The highest BCUT2D eigenvalue weighted by atomic mass is 19.1. The summed E-state index contributed by atoms with van der Waals surface area (Å²) < 4.78 is 18.3. The number of methoxy groups -OCH3 is 1. The number of halogens is 1. The van der Waals surface area contributed by atoms with Crippen molar-refractivity contribution in [1.29, 1.82) is 0 Å². The molecule has 1 aromatic carbocycles. The van der Waals surface area contributed by atoms with Gasteiger partial charge >= 0.3 is 0 Å². The van der Waals surface area contributed by atoms with Crippen molar-refractivity contribution in [3.63, 3.8) is 0 Å². The summed E-state index contributed by atoms with van der Waals surface area (Å²) in [4.78, 5) is 13.4. The third kappa shape index (κ3) is 2.18. The summed E-state index contributed by atoms with van der Waals surface area (Å²) in [5.41, 5.74) is 6.50. The van der Waals surface area contributed by atoms with Gasteiger partial charge in [0.15, 0.2) is 11.6 Å². The molecule has 18 heavy (non-hydrogen) atoms. The minimum atomic E-state index is -0.518. The van der Waals surface area contributed by atoms with Crippen LogP contribution in [-0.2, 0) is 4.79 Å². The summed E-state index contributed by atoms with van der Waals surface area (Å²) in [6, 6.07) is 2.34. The Labute approximate surface area is 105 Å². The van der Waals surface area contributed by atoms with Gasteiger partial charge in [0.25, 0.3) is 0 Å². The van der Waals surface area contributed by atoms with Crippen molar-refractivity contribution in [2.45, 2.75) is 12.5 Å². The van der Waals surface area contributed by atoms with Crippen LogP contribution in [0.25, 0.3) is 0 Å². The van der Waals surface area contributed by atoms with E-state index in [1.165, 1.54) is 19.2 Å². The van der Waals surface area contributed by atoms with Crippen LogP contribution in [0, 0.1) is 5.82 Å². The van der Waals surface area contributed by atoms with Crippen LogP contribution in [-0.4, -0.2) is 37.6 Å². The number of carbonyl (C=O) groups is 1. The molecular formula is C12H16FN3O2. The molecule has 5 nitrogen and oxygen atoms in total. The normalized spacial score (nSPS) is 19.2. The molecule has 0 spiro atoms. The Morgan fingerprint density at radius 1 is 1.56 bits per heavy atom. The number of nitrogens with one attached hydrogen (secondary N) is 1. The van der Waals surface area contributed by atoms with Gasteiger partial charge in [-0.2, -0.15) is 0 Å². The van der Waals surface area contributed by atoms with E-state index in [-0.39, 0.29) is 23.4 Å². The van der Waals surface area contributed by atoms with Crippen LogP contribution in [0.4, 0.5) is 15.8 Å². The Morgan fingerprint density at radius 3 is 2.83 bits per heavy atom. The fraction of sp³-hybridized carbons (Fsp3) is 0.417. The monoisotopic (exact) mass is 253 g/mol. The van der Waals surface area contributed by atoms with Crippen LogP contribution in [0.5, 0.6) is 5.75 Å². The number of benzene rings is 1. The molecule has 0 saturated carbocycles. The molecule has 1 aliphatic heterocycles. The van der Waals surface area contributed by atoms with Crippen LogP contribution in [0.1, 0.15) is 6.42 Å². The van der Waals surface area contributed by atoms with E-state index in [9.17, 15) is 9.18 Å². The number of likely N-dealkylation sites (N-methyl/N-ethyl adjacent to an activating group) is 1. The van der Waals surface area contributed by atoms with Gasteiger partial charge in [0.05, 0.1) is 18.5 Å². The zero-order chi connectivity index (χ0) is 13.3. The van der Waals surface area contributed by atoms with Crippen molar-refractivity contribution in [2.24, 2.45) is 0 Å². The molecule has 2 rings (SSSR count). The quantitative estimate of drug-likeness (QED) is 0.790. The third-order valence-electron chi connectivity index (χ3n) is 3.08. The van der Waals surface area contributed by atoms with Gasteiger partial charge in [0.1, 0.15) is 6.04 Å². The lowest BCUT2D eigenvalue weighted by Crippen LogP contribution is -2.31. The summed E-state index contributed by atoms with van der Waals surface area (Å²) in [5.74, 6) is -0.404. The minimum absolute atomic E-state index is 0.0118. The summed E-state index contributed by atoms with van der Waals surface area (Å²) in [6.45, 7) is 0.703. The third-order valence-corrected chi connectivity index (χ3v) is 3.08. The zero-order valence-electron chi connectivity index (χ0n) is 10.4. The minimum Gasteiger partial charge on any atom is -0.494 e. The largest absolute Gasteiger partial charge is 0.494 e. The maximum Gasteiger partial charge on any atom is 0.244 e. The van der Waals surface area contributed by atoms with E-state index in [1.807, 2.05) is 0 Å². The number of nitrogens with zero attached hydrogens (tertiary/aromatic N) is 1. The predicted octanol–water partition coefficient (Wildman–Crippen LogP) is 1.06. The van der Waals surface area contributed by atoms with Gasteiger partial charge in [-0.15, -0.1) is 0 Å². The highest BCUT2D eigenvalue weighted by Crippen LogP contribution is 2.29. The fourth-order valence-corrected chi connectivity index (χ4v) is 1.99. The molecule has 1 atom stereocenters. The van der Waals surface area contributed by atoms with E-state index >= 15 is 0 Å². The lowest BCUT2D eigenvalue weighted by Gasteiger charge is -2.16. The summed E-state index contributed by atoms with van der Waals surface area (Å²) in [7, 11) is 3.13. The maximum absolute atomic E-state index is 13.4. The molecule has 1 aromatic rings.